The molecule has 0 nitrogen and oxygen atoms in total. The monoisotopic (exact) mass is 530 g/mol. The minimum absolute atomic E-state index is 0.0162. The minimum Gasteiger partial charge on any atom is -0.0836 e. The van der Waals surface area contributed by atoms with Crippen molar-refractivity contribution in [1.29, 1.82) is 0 Å². The lowest BCUT2D eigenvalue weighted by molar-refractivity contribution is 0.636. The Kier molecular flexibility index (Phi) is 5.94. The Morgan fingerprint density at radius 3 is 2.05 bits per heavy atom. The predicted octanol–water partition coefficient (Wildman–Crippen LogP) is 11.2. The summed E-state index contributed by atoms with van der Waals surface area (Å²) in [6, 6.07) is 31.8. The average Bonchev–Trinajstić information content (AvgIpc) is 3.34. The molecule has 4 aromatic carbocycles. The second-order valence-electron chi connectivity index (χ2n) is 12.9. The highest BCUT2D eigenvalue weighted by molar-refractivity contribution is 5.94. The van der Waals surface area contributed by atoms with Gasteiger partial charge in [0.15, 0.2) is 0 Å². The summed E-state index contributed by atoms with van der Waals surface area (Å²) in [5, 5.41) is 0. The van der Waals surface area contributed by atoms with Crippen LogP contribution in [-0.2, 0) is 10.8 Å². The summed E-state index contributed by atoms with van der Waals surface area (Å²) in [5.41, 5.74) is 17.7. The molecule has 0 atom stereocenters. The normalized spacial score (nSPS) is 17.9. The standard InChI is InChI=1S/C41H38/c1-27-32(24-21-28-19-22-30(23-20-28)29-13-8-6-9-14-29)35-25-38-36(26-37(35)40(27,2)3)34-18-12-17-33(39(34)41(38,4)5)31-15-10-7-11-16-31/h7-8,10-26H,6,9H2,1-5H3/b24-21-. The van der Waals surface area contributed by atoms with Crippen molar-refractivity contribution < 1.29 is 0 Å². The first-order chi connectivity index (χ1) is 19.8. The zero-order valence-electron chi connectivity index (χ0n) is 24.9. The van der Waals surface area contributed by atoms with Gasteiger partial charge in [0.2, 0.25) is 0 Å². The summed E-state index contributed by atoms with van der Waals surface area (Å²) >= 11 is 0. The van der Waals surface area contributed by atoms with Gasteiger partial charge in [0.05, 0.1) is 0 Å². The molecule has 0 saturated heterocycles. The highest BCUT2D eigenvalue weighted by Gasteiger charge is 2.42. The number of hydrogen-bond acceptors (Lipinski definition) is 0. The van der Waals surface area contributed by atoms with E-state index in [4.69, 9.17) is 0 Å². The van der Waals surface area contributed by atoms with Crippen molar-refractivity contribution in [3.63, 3.8) is 0 Å². The molecule has 0 bridgehead atoms. The van der Waals surface area contributed by atoms with Gasteiger partial charge in [0.1, 0.15) is 0 Å². The Bertz CT molecular complexity index is 1800. The molecule has 0 spiro atoms. The van der Waals surface area contributed by atoms with E-state index in [1.165, 1.54) is 72.4 Å². The van der Waals surface area contributed by atoms with Crippen molar-refractivity contribution in [2.75, 3.05) is 0 Å². The number of allylic oxidation sites excluding steroid dienone is 7. The van der Waals surface area contributed by atoms with E-state index in [1.807, 2.05) is 0 Å². The van der Waals surface area contributed by atoms with Gasteiger partial charge in [-0.15, -0.1) is 0 Å². The van der Waals surface area contributed by atoms with Crippen LogP contribution in [0.25, 0.3) is 39.5 Å². The Morgan fingerprint density at radius 1 is 0.610 bits per heavy atom. The maximum atomic E-state index is 2.52. The van der Waals surface area contributed by atoms with Gasteiger partial charge in [-0.05, 0) is 98.7 Å². The van der Waals surface area contributed by atoms with E-state index in [0.717, 1.165) is 12.8 Å². The molecule has 41 heavy (non-hydrogen) atoms. The lowest BCUT2D eigenvalue weighted by Crippen LogP contribution is -2.18. The Balaban J connectivity index is 1.29. The van der Waals surface area contributed by atoms with E-state index in [9.17, 15) is 0 Å². The van der Waals surface area contributed by atoms with Crippen LogP contribution in [0.5, 0.6) is 0 Å². The summed E-state index contributed by atoms with van der Waals surface area (Å²) in [5.74, 6) is 0. The summed E-state index contributed by atoms with van der Waals surface area (Å²) in [6.45, 7) is 11.9. The van der Waals surface area contributed by atoms with Crippen molar-refractivity contribution in [2.45, 2.75) is 58.3 Å². The lowest BCUT2D eigenvalue weighted by atomic mass is 9.77. The topological polar surface area (TPSA) is 0 Å². The first-order valence-electron chi connectivity index (χ1n) is 15.0. The first-order valence-corrected chi connectivity index (χ1v) is 15.0. The fraction of sp³-hybridized carbons (Fsp3) is 0.220. The molecule has 4 aromatic rings. The maximum absolute atomic E-state index is 2.52. The lowest BCUT2D eigenvalue weighted by Gasteiger charge is -2.26. The first kappa shape index (κ1) is 25.8. The van der Waals surface area contributed by atoms with Crippen LogP contribution in [0.4, 0.5) is 0 Å². The van der Waals surface area contributed by atoms with Gasteiger partial charge in [-0.2, -0.15) is 0 Å². The highest BCUT2D eigenvalue weighted by atomic mass is 14.4. The van der Waals surface area contributed by atoms with Crippen LogP contribution < -0.4 is 0 Å². The molecule has 202 valence electrons. The number of benzene rings is 4. The summed E-state index contributed by atoms with van der Waals surface area (Å²) < 4.78 is 0. The molecule has 0 radical (unpaired) electrons. The molecule has 0 heterocycles. The summed E-state index contributed by atoms with van der Waals surface area (Å²) in [4.78, 5) is 0. The fourth-order valence-electron chi connectivity index (χ4n) is 7.27. The molecule has 0 unspecified atom stereocenters. The summed E-state index contributed by atoms with van der Waals surface area (Å²) in [7, 11) is 0. The molecular weight excluding hydrogens is 492 g/mol. The second kappa shape index (κ2) is 9.45. The smallest absolute Gasteiger partial charge is 0.0165 e. The van der Waals surface area contributed by atoms with Crippen LogP contribution in [0.3, 0.4) is 0 Å². The number of fused-ring (bicyclic) bond motifs is 4. The van der Waals surface area contributed by atoms with E-state index in [0.29, 0.717) is 0 Å². The molecule has 3 aliphatic rings. The molecule has 0 aromatic heterocycles. The van der Waals surface area contributed by atoms with Crippen molar-refractivity contribution >= 4 is 17.2 Å². The van der Waals surface area contributed by atoms with Crippen molar-refractivity contribution in [1.82, 2.24) is 0 Å². The molecule has 0 fully saturated rings. The molecule has 0 N–H and O–H groups in total. The van der Waals surface area contributed by atoms with Gasteiger partial charge in [0.25, 0.3) is 0 Å². The third-order valence-electron chi connectivity index (χ3n) is 9.88. The number of rotatable bonds is 4. The molecule has 0 saturated carbocycles. The van der Waals surface area contributed by atoms with Gasteiger partial charge in [-0.3, -0.25) is 0 Å². The van der Waals surface area contributed by atoms with Gasteiger partial charge in [-0.25, -0.2) is 0 Å². The Hall–Kier alpha value is -4.16. The van der Waals surface area contributed by atoms with E-state index in [-0.39, 0.29) is 10.8 Å². The van der Waals surface area contributed by atoms with Gasteiger partial charge in [0, 0.05) is 10.8 Å². The van der Waals surface area contributed by atoms with Crippen LogP contribution in [0.1, 0.15) is 80.8 Å². The van der Waals surface area contributed by atoms with Crippen molar-refractivity contribution in [3.05, 3.63) is 148 Å². The van der Waals surface area contributed by atoms with E-state index in [2.05, 4.69) is 150 Å². The van der Waals surface area contributed by atoms with Crippen LogP contribution in [0.2, 0.25) is 0 Å². The molecule has 7 rings (SSSR count). The third kappa shape index (κ3) is 4.04. The number of hydrogen-bond donors (Lipinski definition) is 0. The van der Waals surface area contributed by atoms with Gasteiger partial charge >= 0.3 is 0 Å². The Morgan fingerprint density at radius 2 is 1.32 bits per heavy atom. The van der Waals surface area contributed by atoms with Crippen LogP contribution >= 0.6 is 0 Å². The van der Waals surface area contributed by atoms with Gasteiger partial charge < -0.3 is 0 Å². The molecule has 3 aliphatic carbocycles. The second-order valence-corrected chi connectivity index (χ2v) is 12.9. The van der Waals surface area contributed by atoms with Gasteiger partial charge in [-0.1, -0.05) is 136 Å². The van der Waals surface area contributed by atoms with Crippen molar-refractivity contribution in [3.8, 4) is 22.3 Å². The van der Waals surface area contributed by atoms with Crippen molar-refractivity contribution in [2.24, 2.45) is 0 Å². The third-order valence-corrected chi connectivity index (χ3v) is 9.88. The van der Waals surface area contributed by atoms with Crippen LogP contribution in [0, 0.1) is 0 Å². The fourth-order valence-corrected chi connectivity index (χ4v) is 7.27. The van der Waals surface area contributed by atoms with E-state index >= 15 is 0 Å². The van der Waals surface area contributed by atoms with Crippen LogP contribution in [0.15, 0.2) is 115 Å². The molecule has 0 amide bonds. The largest absolute Gasteiger partial charge is 0.0836 e. The minimum atomic E-state index is -0.0837. The summed E-state index contributed by atoms with van der Waals surface area (Å²) in [6.07, 6.45) is 13.8. The quantitative estimate of drug-likeness (QED) is 0.246. The van der Waals surface area contributed by atoms with Crippen LogP contribution in [-0.4, -0.2) is 0 Å². The zero-order chi connectivity index (χ0) is 28.4. The molecule has 0 heteroatoms. The zero-order valence-corrected chi connectivity index (χ0v) is 24.9. The highest BCUT2D eigenvalue weighted by Crippen LogP contribution is 2.56. The SMILES string of the molecule is CC1=C(/C=C\c2ccc(C3=CCCC=C3)cc2)c2cc3c(cc2C1(C)C)-c1cccc(-c2ccccc2)c1C3(C)C. The Labute approximate surface area is 245 Å². The predicted molar refractivity (Wildman–Crippen MR) is 177 cm³/mol. The van der Waals surface area contributed by atoms with E-state index in [1.54, 1.807) is 0 Å². The molecule has 0 aliphatic heterocycles. The van der Waals surface area contributed by atoms with E-state index < -0.39 is 0 Å². The average molecular weight is 531 g/mol. The maximum Gasteiger partial charge on any atom is 0.0165 e. The molecular formula is C41H38.